The minimum absolute atomic E-state index is 0.248. The Balaban J connectivity index is 0.000000423. The lowest BCUT2D eigenvalue weighted by Crippen LogP contribution is -2.25. The lowest BCUT2D eigenvalue weighted by molar-refractivity contribution is -0.181. The van der Waals surface area contributed by atoms with Crippen LogP contribution in [0.25, 0.3) is 11.1 Å². The molecule has 43 heavy (non-hydrogen) atoms. The van der Waals surface area contributed by atoms with Crippen molar-refractivity contribution in [2.24, 2.45) is 0 Å². The van der Waals surface area contributed by atoms with Crippen LogP contribution in [0.5, 0.6) is 0 Å². The van der Waals surface area contributed by atoms with Crippen LogP contribution < -0.4 is 0 Å². The molecule has 5 heteroatoms. The normalized spacial score (nSPS) is 15.8. The van der Waals surface area contributed by atoms with Crippen molar-refractivity contribution in [3.05, 3.63) is 59.7 Å². The molecule has 5 rings (SSSR count). The Hall–Kier alpha value is -1.55. The highest BCUT2D eigenvalue weighted by molar-refractivity contribution is 6.27. The summed E-state index contributed by atoms with van der Waals surface area (Å²) in [6.45, 7) is 6.28. The van der Waals surface area contributed by atoms with Crippen LogP contribution in [-0.4, -0.2) is 28.2 Å². The molecule has 0 bridgehead atoms. The second-order valence-corrected chi connectivity index (χ2v) is 12.7. The fourth-order valence-corrected chi connectivity index (χ4v) is 6.86. The highest BCUT2D eigenvalue weighted by Crippen LogP contribution is 2.54. The average Bonchev–Trinajstić information content (AvgIpc) is 3.86. The summed E-state index contributed by atoms with van der Waals surface area (Å²) in [6, 6.07) is 18.7. The van der Waals surface area contributed by atoms with E-state index in [9.17, 15) is 0 Å². The molecule has 0 aromatic heterocycles. The van der Waals surface area contributed by atoms with E-state index in [0.29, 0.717) is 0 Å². The average molecular weight is 587 g/mol. The Morgan fingerprint density at radius 3 is 1.40 bits per heavy atom. The highest BCUT2D eigenvalue weighted by atomic mass is 17.2. The van der Waals surface area contributed by atoms with Crippen molar-refractivity contribution in [2.75, 3.05) is 13.2 Å². The largest absolute Gasteiger partial charge is 0.441 e. The lowest BCUT2D eigenvalue weighted by Gasteiger charge is -2.33. The number of hydrogen-bond acceptors (Lipinski definition) is 3. The van der Waals surface area contributed by atoms with E-state index in [1.165, 1.54) is 133 Å². The molecule has 0 unspecified atom stereocenters. The quantitative estimate of drug-likeness (QED) is 0.0988. The van der Waals surface area contributed by atoms with Crippen LogP contribution in [0.15, 0.2) is 48.5 Å². The molecule has 2 radical (unpaired) electrons. The molecule has 236 valence electrons. The van der Waals surface area contributed by atoms with Crippen LogP contribution in [0.3, 0.4) is 0 Å². The van der Waals surface area contributed by atoms with E-state index in [1.807, 2.05) is 7.48 Å². The van der Waals surface area contributed by atoms with Crippen molar-refractivity contribution in [2.45, 2.75) is 154 Å². The first-order chi connectivity index (χ1) is 21.3. The summed E-state index contributed by atoms with van der Waals surface area (Å²) in [7, 11) is 3.50. The van der Waals surface area contributed by atoms with Gasteiger partial charge in [-0.2, -0.15) is 0 Å². The van der Waals surface area contributed by atoms with E-state index in [0.717, 1.165) is 25.9 Å². The first-order valence-corrected chi connectivity index (χ1v) is 18.1. The van der Waals surface area contributed by atoms with Crippen molar-refractivity contribution in [3.8, 4) is 11.1 Å². The van der Waals surface area contributed by atoms with Crippen molar-refractivity contribution < 1.29 is 14.3 Å². The predicted octanol–water partition coefficient (Wildman–Crippen LogP) is 11.4. The van der Waals surface area contributed by atoms with E-state index >= 15 is 0 Å². The second-order valence-electron chi connectivity index (χ2n) is 12.7. The molecule has 2 saturated heterocycles. The third-order valence-electron chi connectivity index (χ3n) is 9.25. The molecule has 3 aliphatic rings. The van der Waals surface area contributed by atoms with Crippen molar-refractivity contribution in [3.63, 3.8) is 0 Å². The van der Waals surface area contributed by atoms with Gasteiger partial charge in [0.25, 0.3) is 7.48 Å². The van der Waals surface area contributed by atoms with Gasteiger partial charge in [-0.05, 0) is 54.2 Å². The highest BCUT2D eigenvalue weighted by Gasteiger charge is 2.41. The van der Waals surface area contributed by atoms with Gasteiger partial charge in [0.1, 0.15) is 0 Å². The summed E-state index contributed by atoms with van der Waals surface area (Å²) in [4.78, 5) is 8.71. The van der Waals surface area contributed by atoms with Crippen molar-refractivity contribution >= 4 is 15.0 Å². The summed E-state index contributed by atoms with van der Waals surface area (Å²) in [5.41, 5.74) is 6.51. The molecule has 0 spiro atoms. The van der Waals surface area contributed by atoms with Crippen LogP contribution in [0, 0.1) is 0 Å². The molecule has 2 heterocycles. The molecule has 2 aliphatic heterocycles. The maximum Gasteiger partial charge on any atom is 0.346 e. The van der Waals surface area contributed by atoms with Crippen molar-refractivity contribution in [1.29, 1.82) is 0 Å². The maximum atomic E-state index is 4.82. The number of benzene rings is 2. The van der Waals surface area contributed by atoms with Crippen LogP contribution in [0.2, 0.25) is 12.6 Å². The molecular weight excluding hydrogens is 526 g/mol. The van der Waals surface area contributed by atoms with Gasteiger partial charge in [0.05, 0.1) is 6.61 Å². The zero-order valence-corrected chi connectivity index (χ0v) is 27.8. The van der Waals surface area contributed by atoms with E-state index in [1.54, 1.807) is 18.6 Å². The van der Waals surface area contributed by atoms with Crippen LogP contribution in [0.4, 0.5) is 0 Å². The van der Waals surface area contributed by atoms with Gasteiger partial charge in [0.2, 0.25) is 0 Å². The fraction of sp³-hybridized carbons (Fsp3) is 0.684. The van der Waals surface area contributed by atoms with Gasteiger partial charge < -0.3 is 9.46 Å². The summed E-state index contributed by atoms with van der Waals surface area (Å²) in [6.07, 6.45) is 28.4. The summed E-state index contributed by atoms with van der Waals surface area (Å²) >= 11 is 0. The van der Waals surface area contributed by atoms with Crippen LogP contribution in [-0.2, 0) is 19.8 Å². The Kier molecular flexibility index (Phi) is 19.1. The molecule has 2 aromatic rings. The third-order valence-corrected chi connectivity index (χ3v) is 9.25. The van der Waals surface area contributed by atoms with Gasteiger partial charge >= 0.3 is 7.48 Å². The Morgan fingerprint density at radius 1 is 0.558 bits per heavy atom. The smallest absolute Gasteiger partial charge is 0.346 e. The molecule has 3 nitrogen and oxygen atoms in total. The topological polar surface area (TPSA) is 27.7 Å². The summed E-state index contributed by atoms with van der Waals surface area (Å²) in [5.74, 6) is 0. The minimum atomic E-state index is 0.248. The van der Waals surface area contributed by atoms with Gasteiger partial charge in [-0.25, -0.2) is 0 Å². The second kappa shape index (κ2) is 22.9. The Bertz CT molecular complexity index is 865. The van der Waals surface area contributed by atoms with Gasteiger partial charge in [-0.3, -0.25) is 4.89 Å². The lowest BCUT2D eigenvalue weighted by atomic mass is 9.70. The van der Waals surface area contributed by atoms with E-state index in [-0.39, 0.29) is 5.41 Å². The van der Waals surface area contributed by atoms with Gasteiger partial charge in [0.15, 0.2) is 0 Å². The third kappa shape index (κ3) is 12.8. The SMILES string of the molecule is CCCCCCCCCCC1(CCCCCCCCCC)c2ccccc2-c2ccccc21.[B]1CCCO1.[B]1CCOO1. The van der Waals surface area contributed by atoms with Gasteiger partial charge in [-0.1, -0.05) is 165 Å². The van der Waals surface area contributed by atoms with E-state index < -0.39 is 0 Å². The monoisotopic (exact) mass is 586 g/mol. The summed E-state index contributed by atoms with van der Waals surface area (Å²) in [5, 5.41) is 0. The molecule has 2 fully saturated rings. The standard InChI is InChI=1S/C33H50.C3H6BO.C2H4BO2/c1-3-5-7-9-11-13-15-21-27-33(28-22-16-14-12-10-8-6-4-2)31-25-19-17-23-29(31)30-24-18-20-26-32(30)33;2*1-2-4-5-3-1/h17-20,23-26H,3-16,21-22,27-28H2,1-2H3;1-3H2;1-2H2. The molecule has 1 aliphatic carbocycles. The zero-order chi connectivity index (χ0) is 30.3. The minimum Gasteiger partial charge on any atom is -0.441 e. The molecule has 0 N–H and O–H groups in total. The first kappa shape index (κ1) is 35.9. The van der Waals surface area contributed by atoms with Crippen LogP contribution >= 0.6 is 0 Å². The van der Waals surface area contributed by atoms with E-state index in [4.69, 9.17) is 4.65 Å². The van der Waals surface area contributed by atoms with Gasteiger partial charge in [-0.15, -0.1) is 0 Å². The Labute approximate surface area is 266 Å². The molecule has 0 saturated carbocycles. The predicted molar refractivity (Wildman–Crippen MR) is 186 cm³/mol. The number of unbranched alkanes of at least 4 members (excludes halogenated alkanes) is 14. The van der Waals surface area contributed by atoms with Crippen LogP contribution in [0.1, 0.15) is 147 Å². The van der Waals surface area contributed by atoms with E-state index in [2.05, 4.69) is 72.1 Å². The number of fused-ring (bicyclic) bond motifs is 3. The fourth-order valence-electron chi connectivity index (χ4n) is 6.86. The first-order valence-electron chi connectivity index (χ1n) is 18.1. The molecule has 0 atom stereocenters. The zero-order valence-electron chi connectivity index (χ0n) is 27.8. The number of hydrogen-bond donors (Lipinski definition) is 0. The molecule has 0 amide bonds. The van der Waals surface area contributed by atoms with Crippen molar-refractivity contribution in [1.82, 2.24) is 0 Å². The maximum absolute atomic E-state index is 4.82. The van der Waals surface area contributed by atoms with Gasteiger partial charge in [0, 0.05) is 12.0 Å². The summed E-state index contributed by atoms with van der Waals surface area (Å²) < 4.78 is 4.82. The molecule has 2 aromatic carbocycles. The Morgan fingerprint density at radius 2 is 1.05 bits per heavy atom. The number of rotatable bonds is 18. The molecular formula is C38H60B2O3.